The van der Waals surface area contributed by atoms with Gasteiger partial charge in [0.15, 0.2) is 0 Å². The molecule has 0 aromatic heterocycles. The average molecular weight is 202 g/mol. The van der Waals surface area contributed by atoms with Crippen LogP contribution in [0, 0.1) is 5.41 Å². The minimum Gasteiger partial charge on any atom is -0.384 e. The van der Waals surface area contributed by atoms with Gasteiger partial charge in [0, 0.05) is 7.11 Å². The molecule has 0 unspecified atom stereocenters. The maximum Gasteiger partial charge on any atom is 0.252 e. The fourth-order valence-electron chi connectivity index (χ4n) is 1.82. The topological polar surface area (TPSA) is 59.6 Å². The molecule has 82 valence electrons. The van der Waals surface area contributed by atoms with Gasteiger partial charge in [-0.2, -0.15) is 0 Å². The van der Waals surface area contributed by atoms with Gasteiger partial charge in [0.05, 0.1) is 19.1 Å². The van der Waals surface area contributed by atoms with Crippen molar-refractivity contribution in [2.45, 2.75) is 12.8 Å². The molecule has 14 heavy (non-hydrogen) atoms. The van der Waals surface area contributed by atoms with Crippen molar-refractivity contribution in [2.75, 3.05) is 33.9 Å². The van der Waals surface area contributed by atoms with E-state index in [1.165, 1.54) is 7.11 Å². The summed E-state index contributed by atoms with van der Waals surface area (Å²) in [6.07, 6.45) is 1.58. The predicted octanol–water partition coefficient (Wildman–Crippen LogP) is -0.320. The molecule has 2 N–H and O–H groups in total. The Bertz CT molecular complexity index is 185. The van der Waals surface area contributed by atoms with E-state index >= 15 is 0 Å². The van der Waals surface area contributed by atoms with E-state index < -0.39 is 5.41 Å². The van der Waals surface area contributed by atoms with E-state index in [0.717, 1.165) is 25.9 Å². The summed E-state index contributed by atoms with van der Waals surface area (Å²) in [6, 6.07) is 0. The Balaban J connectivity index is 2.63. The Morgan fingerprint density at radius 1 is 1.43 bits per heavy atom. The van der Waals surface area contributed by atoms with Gasteiger partial charge in [0.25, 0.3) is 5.91 Å². The number of amides is 1. The molecule has 1 amide bonds. The van der Waals surface area contributed by atoms with Gasteiger partial charge in [-0.1, -0.05) is 0 Å². The highest BCUT2D eigenvalue weighted by Crippen LogP contribution is 2.29. The van der Waals surface area contributed by atoms with E-state index in [4.69, 9.17) is 4.74 Å². The molecule has 1 heterocycles. The second kappa shape index (κ2) is 5.29. The Hall–Kier alpha value is -0.650. The summed E-state index contributed by atoms with van der Waals surface area (Å²) < 4.78 is 5.11. The smallest absolute Gasteiger partial charge is 0.252 e. The second-order valence-electron chi connectivity index (χ2n) is 3.60. The summed E-state index contributed by atoms with van der Waals surface area (Å²) in [5.41, 5.74) is 1.97. The summed E-state index contributed by atoms with van der Waals surface area (Å²) in [6.45, 7) is 2.14. The zero-order chi connectivity index (χ0) is 10.4. The lowest BCUT2D eigenvalue weighted by Crippen LogP contribution is -2.49. The molecule has 0 bridgehead atoms. The lowest BCUT2D eigenvalue weighted by atomic mass is 9.79. The van der Waals surface area contributed by atoms with Crippen molar-refractivity contribution in [3.05, 3.63) is 0 Å². The maximum atomic E-state index is 11.8. The zero-order valence-electron chi connectivity index (χ0n) is 8.76. The monoisotopic (exact) mass is 202 g/mol. The van der Waals surface area contributed by atoms with Crippen LogP contribution in [0.25, 0.3) is 0 Å². The van der Waals surface area contributed by atoms with Crippen molar-refractivity contribution in [3.8, 4) is 0 Å². The molecule has 0 aliphatic carbocycles. The molecule has 5 heteroatoms. The maximum absolute atomic E-state index is 11.8. The number of hydroxylamine groups is 1. The number of carbonyl (C=O) groups excluding carboxylic acids is 1. The number of hydrogen-bond acceptors (Lipinski definition) is 4. The Morgan fingerprint density at radius 2 is 2.07 bits per heavy atom. The molecule has 0 aromatic carbocycles. The molecule has 0 spiro atoms. The molecule has 1 aliphatic heterocycles. The minimum atomic E-state index is -0.421. The number of rotatable bonds is 4. The molecule has 1 rings (SSSR count). The van der Waals surface area contributed by atoms with Gasteiger partial charge in [-0.3, -0.25) is 9.63 Å². The summed E-state index contributed by atoms with van der Waals surface area (Å²) in [7, 11) is 3.06. The number of ether oxygens (including phenoxy) is 1. The molecule has 1 fully saturated rings. The Kier molecular flexibility index (Phi) is 4.31. The number of methoxy groups -OCH3 is 1. The van der Waals surface area contributed by atoms with E-state index in [1.807, 2.05) is 0 Å². The average Bonchev–Trinajstić information content (AvgIpc) is 2.20. The van der Waals surface area contributed by atoms with E-state index in [1.54, 1.807) is 7.11 Å². The highest BCUT2D eigenvalue weighted by Gasteiger charge is 2.39. The van der Waals surface area contributed by atoms with Crippen LogP contribution in [0.5, 0.6) is 0 Å². The number of hydrogen-bond donors (Lipinski definition) is 2. The lowest BCUT2D eigenvalue weighted by Gasteiger charge is -2.34. The van der Waals surface area contributed by atoms with Crippen LogP contribution in [0.3, 0.4) is 0 Å². The molecular formula is C9H18N2O3. The summed E-state index contributed by atoms with van der Waals surface area (Å²) >= 11 is 0. The van der Waals surface area contributed by atoms with Crippen LogP contribution in [0.4, 0.5) is 0 Å². The van der Waals surface area contributed by atoms with Gasteiger partial charge in [-0.05, 0) is 25.9 Å². The molecule has 0 radical (unpaired) electrons. The van der Waals surface area contributed by atoms with Crippen LogP contribution in [0.1, 0.15) is 12.8 Å². The van der Waals surface area contributed by atoms with Crippen molar-refractivity contribution in [3.63, 3.8) is 0 Å². The molecular weight excluding hydrogens is 184 g/mol. The van der Waals surface area contributed by atoms with Gasteiger partial charge in [0.1, 0.15) is 0 Å². The van der Waals surface area contributed by atoms with Crippen LogP contribution in [0.15, 0.2) is 0 Å². The van der Waals surface area contributed by atoms with E-state index in [2.05, 4.69) is 15.6 Å². The van der Waals surface area contributed by atoms with Gasteiger partial charge >= 0.3 is 0 Å². The van der Waals surface area contributed by atoms with Crippen molar-refractivity contribution in [2.24, 2.45) is 5.41 Å². The third-order valence-corrected chi connectivity index (χ3v) is 2.66. The lowest BCUT2D eigenvalue weighted by molar-refractivity contribution is -0.147. The van der Waals surface area contributed by atoms with E-state index in [9.17, 15) is 4.79 Å². The summed E-state index contributed by atoms with van der Waals surface area (Å²) in [4.78, 5) is 16.4. The van der Waals surface area contributed by atoms with Crippen molar-refractivity contribution in [1.29, 1.82) is 0 Å². The van der Waals surface area contributed by atoms with Gasteiger partial charge in [0.2, 0.25) is 0 Å². The highest BCUT2D eigenvalue weighted by atomic mass is 16.6. The van der Waals surface area contributed by atoms with Crippen LogP contribution >= 0.6 is 0 Å². The molecule has 5 nitrogen and oxygen atoms in total. The first kappa shape index (κ1) is 11.4. The largest absolute Gasteiger partial charge is 0.384 e. The predicted molar refractivity (Wildman–Crippen MR) is 51.6 cm³/mol. The van der Waals surface area contributed by atoms with Crippen molar-refractivity contribution >= 4 is 5.91 Å². The SMILES string of the molecule is COCC1(C(=O)NOC)CCNCC1. The standard InChI is InChI=1S/C9H18N2O3/c1-13-7-9(8(12)11-14-2)3-5-10-6-4-9/h10H,3-7H2,1-2H3,(H,11,12). The van der Waals surface area contributed by atoms with Crippen LogP contribution < -0.4 is 10.8 Å². The Labute approximate surface area is 84.1 Å². The molecule has 0 atom stereocenters. The quantitative estimate of drug-likeness (QED) is 0.613. The second-order valence-corrected chi connectivity index (χ2v) is 3.60. The van der Waals surface area contributed by atoms with Crippen LogP contribution in [0.2, 0.25) is 0 Å². The fourth-order valence-corrected chi connectivity index (χ4v) is 1.82. The number of piperidine rings is 1. The Morgan fingerprint density at radius 3 is 2.57 bits per heavy atom. The first-order chi connectivity index (χ1) is 6.75. The fraction of sp³-hybridized carbons (Fsp3) is 0.889. The van der Waals surface area contributed by atoms with Crippen LogP contribution in [-0.2, 0) is 14.4 Å². The van der Waals surface area contributed by atoms with Crippen LogP contribution in [-0.4, -0.2) is 39.8 Å². The number of carbonyl (C=O) groups is 1. The normalized spacial score (nSPS) is 20.4. The molecule has 1 aliphatic rings. The van der Waals surface area contributed by atoms with Crippen molar-refractivity contribution < 1.29 is 14.4 Å². The third-order valence-electron chi connectivity index (χ3n) is 2.66. The molecule has 0 saturated carbocycles. The zero-order valence-corrected chi connectivity index (χ0v) is 8.76. The van der Waals surface area contributed by atoms with Gasteiger partial charge in [-0.15, -0.1) is 0 Å². The van der Waals surface area contributed by atoms with Gasteiger partial charge < -0.3 is 10.1 Å². The van der Waals surface area contributed by atoms with Crippen molar-refractivity contribution in [1.82, 2.24) is 10.8 Å². The summed E-state index contributed by atoms with van der Waals surface area (Å²) in [5, 5.41) is 3.22. The summed E-state index contributed by atoms with van der Waals surface area (Å²) in [5.74, 6) is -0.0802. The first-order valence-electron chi connectivity index (χ1n) is 4.78. The third kappa shape index (κ3) is 2.43. The number of nitrogens with one attached hydrogen (secondary N) is 2. The van der Waals surface area contributed by atoms with Gasteiger partial charge in [-0.25, -0.2) is 5.48 Å². The highest BCUT2D eigenvalue weighted by molar-refractivity contribution is 5.82. The molecule has 1 saturated heterocycles. The minimum absolute atomic E-state index is 0.0802. The first-order valence-corrected chi connectivity index (χ1v) is 4.78. The molecule has 0 aromatic rings. The van der Waals surface area contributed by atoms with E-state index in [0.29, 0.717) is 6.61 Å². The van der Waals surface area contributed by atoms with E-state index in [-0.39, 0.29) is 5.91 Å².